The van der Waals surface area contributed by atoms with Crippen molar-refractivity contribution in [3.05, 3.63) is 44.7 Å². The molecular weight excluding hydrogens is 414 g/mol. The fourth-order valence-electron chi connectivity index (χ4n) is 2.18. The van der Waals surface area contributed by atoms with Crippen molar-refractivity contribution in [2.75, 3.05) is 5.75 Å². The van der Waals surface area contributed by atoms with E-state index < -0.39 is 10.0 Å². The number of halogens is 2. The maximum atomic E-state index is 12.4. The average molecular weight is 425 g/mol. The lowest BCUT2D eigenvalue weighted by molar-refractivity contribution is 0.548. The summed E-state index contributed by atoms with van der Waals surface area (Å²) in [6.07, 6.45) is 0.754. The Morgan fingerprint density at radius 2 is 2.10 bits per heavy atom. The molecule has 0 fully saturated rings. The summed E-state index contributed by atoms with van der Waals surface area (Å²) in [5, 5.41) is 0.624. The van der Waals surface area contributed by atoms with Crippen LogP contribution in [0.25, 0.3) is 0 Å². The van der Waals surface area contributed by atoms with Crippen molar-refractivity contribution >= 4 is 60.7 Å². The molecule has 1 unspecified atom stereocenters. The van der Waals surface area contributed by atoms with Gasteiger partial charge >= 0.3 is 0 Å². The summed E-state index contributed by atoms with van der Waals surface area (Å²) < 4.78 is 28.8. The van der Waals surface area contributed by atoms with Crippen LogP contribution in [0.4, 0.5) is 0 Å². The number of nitrogens with one attached hydrogen (secondary N) is 1. The molecule has 1 aromatic carbocycles. The van der Waals surface area contributed by atoms with Gasteiger partial charge < -0.3 is 0 Å². The van der Waals surface area contributed by atoms with Crippen LogP contribution in [0.15, 0.2) is 43.2 Å². The third-order valence-electron chi connectivity index (χ3n) is 3.12. The quantitative estimate of drug-likeness (QED) is 0.778. The normalized spacial score (nSPS) is 18.5. The molecule has 8 heteroatoms. The monoisotopic (exact) mass is 423 g/mol. The highest BCUT2D eigenvalue weighted by Crippen LogP contribution is 2.38. The highest BCUT2D eigenvalue weighted by molar-refractivity contribution is 9.11. The fraction of sp³-hybridized carbons (Fsp3) is 0.231. The first-order valence-electron chi connectivity index (χ1n) is 6.15. The van der Waals surface area contributed by atoms with E-state index >= 15 is 0 Å². The summed E-state index contributed by atoms with van der Waals surface area (Å²) in [7, 11) is -3.51. The minimum Gasteiger partial charge on any atom is -0.206 e. The summed E-state index contributed by atoms with van der Waals surface area (Å²) in [5.74, 6) is 0.885. The molecule has 0 aliphatic carbocycles. The number of sulfonamides is 1. The summed E-state index contributed by atoms with van der Waals surface area (Å²) in [4.78, 5) is 1.09. The summed E-state index contributed by atoms with van der Waals surface area (Å²) in [6.45, 7) is 0. The Labute approximate surface area is 145 Å². The van der Waals surface area contributed by atoms with Crippen LogP contribution in [0, 0.1) is 0 Å². The van der Waals surface area contributed by atoms with Crippen LogP contribution in [0.5, 0.6) is 0 Å². The molecular formula is C13H11BrClNO2S3. The predicted molar refractivity (Wildman–Crippen MR) is 91.9 cm³/mol. The minimum atomic E-state index is -3.51. The minimum absolute atomic E-state index is 0.231. The Morgan fingerprint density at radius 1 is 1.29 bits per heavy atom. The van der Waals surface area contributed by atoms with Crippen molar-refractivity contribution in [2.45, 2.75) is 21.6 Å². The van der Waals surface area contributed by atoms with Gasteiger partial charge in [-0.15, -0.1) is 23.1 Å². The Bertz CT molecular complexity index is 775. The van der Waals surface area contributed by atoms with E-state index in [-0.39, 0.29) is 6.04 Å². The molecule has 0 saturated carbocycles. The third-order valence-corrected chi connectivity index (χ3v) is 8.07. The second kappa shape index (κ2) is 6.22. The molecule has 0 amide bonds. The third kappa shape index (κ3) is 3.48. The van der Waals surface area contributed by atoms with Crippen molar-refractivity contribution in [3.63, 3.8) is 0 Å². The van der Waals surface area contributed by atoms with Gasteiger partial charge in [-0.25, -0.2) is 13.1 Å². The number of rotatable bonds is 3. The molecule has 0 radical (unpaired) electrons. The van der Waals surface area contributed by atoms with E-state index in [9.17, 15) is 8.42 Å². The zero-order valence-corrected chi connectivity index (χ0v) is 15.5. The van der Waals surface area contributed by atoms with Crippen LogP contribution >= 0.6 is 50.6 Å². The van der Waals surface area contributed by atoms with Gasteiger partial charge in [0.15, 0.2) is 0 Å². The van der Waals surface area contributed by atoms with Crippen molar-refractivity contribution < 1.29 is 8.42 Å². The SMILES string of the molecule is O=S(=O)(NC1CCSc2ccc(Cl)cc21)c1ccc(Br)s1. The van der Waals surface area contributed by atoms with Gasteiger partial charge in [-0.2, -0.15) is 0 Å². The zero-order chi connectivity index (χ0) is 15.0. The first kappa shape index (κ1) is 15.8. The van der Waals surface area contributed by atoms with Gasteiger partial charge in [-0.05, 0) is 64.0 Å². The highest BCUT2D eigenvalue weighted by Gasteiger charge is 2.27. The molecule has 1 atom stereocenters. The zero-order valence-electron chi connectivity index (χ0n) is 10.7. The summed E-state index contributed by atoms with van der Waals surface area (Å²) in [6, 6.07) is 8.74. The Kier molecular flexibility index (Phi) is 4.69. The second-order valence-electron chi connectivity index (χ2n) is 4.55. The van der Waals surface area contributed by atoms with Crippen molar-refractivity contribution in [1.82, 2.24) is 4.72 Å². The van der Waals surface area contributed by atoms with Crippen LogP contribution in [0.3, 0.4) is 0 Å². The van der Waals surface area contributed by atoms with E-state index in [2.05, 4.69) is 20.7 Å². The number of hydrogen-bond donors (Lipinski definition) is 1. The van der Waals surface area contributed by atoms with Crippen molar-refractivity contribution in [1.29, 1.82) is 0 Å². The standard InChI is InChI=1S/C13H11BrClNO2S3/c14-12-3-4-13(20-12)21(17,18)16-10-5-6-19-11-2-1-8(15)7-9(10)11/h1-4,7,10,16H,5-6H2. The maximum absolute atomic E-state index is 12.4. The van der Waals surface area contributed by atoms with Crippen molar-refractivity contribution in [2.24, 2.45) is 0 Å². The van der Waals surface area contributed by atoms with E-state index in [4.69, 9.17) is 11.6 Å². The van der Waals surface area contributed by atoms with E-state index in [0.29, 0.717) is 9.23 Å². The second-order valence-corrected chi connectivity index (χ2v) is 10.5. The average Bonchev–Trinajstić information content (AvgIpc) is 2.87. The Hall–Kier alpha value is -0.0500. The molecule has 1 N–H and O–H groups in total. The summed E-state index contributed by atoms with van der Waals surface area (Å²) >= 11 is 12.3. The van der Waals surface area contributed by atoms with Gasteiger partial charge in [0.2, 0.25) is 0 Å². The van der Waals surface area contributed by atoms with Crippen LogP contribution in [0.1, 0.15) is 18.0 Å². The van der Waals surface area contributed by atoms with Crippen LogP contribution in [0.2, 0.25) is 5.02 Å². The van der Waals surface area contributed by atoms with Gasteiger partial charge in [0.1, 0.15) is 4.21 Å². The predicted octanol–water partition coefficient (Wildman–Crippen LogP) is 4.68. The maximum Gasteiger partial charge on any atom is 0.250 e. The van der Waals surface area contributed by atoms with E-state index in [1.54, 1.807) is 23.9 Å². The van der Waals surface area contributed by atoms with E-state index in [1.807, 2.05) is 18.2 Å². The highest BCUT2D eigenvalue weighted by atomic mass is 79.9. The topological polar surface area (TPSA) is 46.2 Å². The van der Waals surface area contributed by atoms with Gasteiger partial charge in [0, 0.05) is 16.0 Å². The van der Waals surface area contributed by atoms with E-state index in [1.165, 1.54) is 11.3 Å². The molecule has 1 aromatic heterocycles. The summed E-state index contributed by atoms with van der Waals surface area (Å²) in [5.41, 5.74) is 0.956. The first-order valence-corrected chi connectivity index (χ1v) is 10.6. The molecule has 1 aliphatic heterocycles. The number of fused-ring (bicyclic) bond motifs is 1. The number of thioether (sulfide) groups is 1. The largest absolute Gasteiger partial charge is 0.250 e. The van der Waals surface area contributed by atoms with Crippen LogP contribution in [-0.4, -0.2) is 14.2 Å². The van der Waals surface area contributed by atoms with Crippen LogP contribution in [-0.2, 0) is 10.0 Å². The Balaban J connectivity index is 1.91. The van der Waals surface area contributed by atoms with Gasteiger partial charge in [-0.1, -0.05) is 11.6 Å². The lowest BCUT2D eigenvalue weighted by Gasteiger charge is -2.25. The van der Waals surface area contributed by atoms with Crippen molar-refractivity contribution in [3.8, 4) is 0 Å². The molecule has 112 valence electrons. The number of hydrogen-bond acceptors (Lipinski definition) is 4. The Morgan fingerprint density at radius 3 is 2.81 bits per heavy atom. The van der Waals surface area contributed by atoms with E-state index in [0.717, 1.165) is 26.4 Å². The molecule has 3 nitrogen and oxygen atoms in total. The van der Waals surface area contributed by atoms with Gasteiger partial charge in [0.05, 0.1) is 3.79 Å². The van der Waals surface area contributed by atoms with Gasteiger partial charge in [0.25, 0.3) is 10.0 Å². The smallest absolute Gasteiger partial charge is 0.206 e. The lowest BCUT2D eigenvalue weighted by Crippen LogP contribution is -2.30. The van der Waals surface area contributed by atoms with Gasteiger partial charge in [-0.3, -0.25) is 0 Å². The lowest BCUT2D eigenvalue weighted by atomic mass is 10.1. The molecule has 21 heavy (non-hydrogen) atoms. The molecule has 3 rings (SSSR count). The molecule has 0 spiro atoms. The molecule has 1 aliphatic rings. The molecule has 2 heterocycles. The number of benzene rings is 1. The van der Waals surface area contributed by atoms with Crippen LogP contribution < -0.4 is 4.72 Å². The fourth-order valence-corrected chi connectivity index (χ4v) is 6.74. The molecule has 2 aromatic rings. The molecule has 0 saturated heterocycles. The first-order chi connectivity index (χ1) is 9.95. The number of thiophene rings is 1. The molecule has 0 bridgehead atoms.